The molecule has 0 unspecified atom stereocenters. The van der Waals surface area contributed by atoms with E-state index in [2.05, 4.69) is 45.3 Å². The molecule has 0 radical (unpaired) electrons. The van der Waals surface area contributed by atoms with Crippen molar-refractivity contribution in [3.8, 4) is 0 Å². The minimum atomic E-state index is 0.635. The number of para-hydroxylation sites is 1. The molecule has 3 N–H and O–H groups in total. The molecule has 3 nitrogen and oxygen atoms in total. The zero-order valence-corrected chi connectivity index (χ0v) is 12.6. The second-order valence-corrected chi connectivity index (χ2v) is 5.57. The summed E-state index contributed by atoms with van der Waals surface area (Å²) in [6.07, 6.45) is 1.69. The van der Waals surface area contributed by atoms with Gasteiger partial charge in [-0.15, -0.1) is 0 Å². The first kappa shape index (κ1) is 12.9. The average molecular weight is 328 g/mol. The normalized spacial score (nSPS) is 10.7. The van der Waals surface area contributed by atoms with E-state index in [0.717, 1.165) is 26.8 Å². The summed E-state index contributed by atoms with van der Waals surface area (Å²) in [6, 6.07) is 14.1. The molecule has 1 heterocycles. The molecule has 0 saturated carbocycles. The minimum absolute atomic E-state index is 0.635. The average Bonchev–Trinajstić information content (AvgIpc) is 2.44. The molecule has 0 saturated heterocycles. The lowest BCUT2D eigenvalue weighted by atomic mass is 10.1. The number of nitrogens with two attached hydrogens (primary N) is 1. The fourth-order valence-corrected chi connectivity index (χ4v) is 2.74. The van der Waals surface area contributed by atoms with Crippen LogP contribution in [0.2, 0.25) is 0 Å². The Bertz CT molecular complexity index is 784. The van der Waals surface area contributed by atoms with Crippen LogP contribution in [0, 0.1) is 6.92 Å². The van der Waals surface area contributed by atoms with Gasteiger partial charge in [0.25, 0.3) is 0 Å². The molecule has 0 aliphatic carbocycles. The molecule has 3 rings (SSSR count). The molecule has 3 aromatic rings. The molecule has 0 fully saturated rings. The van der Waals surface area contributed by atoms with Crippen molar-refractivity contribution in [3.05, 3.63) is 58.7 Å². The molecule has 1 aromatic heterocycles. The van der Waals surface area contributed by atoms with Crippen molar-refractivity contribution in [2.75, 3.05) is 11.1 Å². The van der Waals surface area contributed by atoms with Crippen LogP contribution in [-0.4, -0.2) is 4.98 Å². The van der Waals surface area contributed by atoms with Gasteiger partial charge in [0.05, 0.1) is 28.8 Å². The van der Waals surface area contributed by atoms with Crippen LogP contribution in [0.5, 0.6) is 0 Å². The van der Waals surface area contributed by atoms with Crippen LogP contribution >= 0.6 is 15.9 Å². The highest BCUT2D eigenvalue weighted by Gasteiger charge is 2.08. The number of anilines is 3. The second-order valence-electron chi connectivity index (χ2n) is 4.71. The van der Waals surface area contributed by atoms with Crippen LogP contribution in [0.4, 0.5) is 17.1 Å². The lowest BCUT2D eigenvalue weighted by Gasteiger charge is -2.13. The van der Waals surface area contributed by atoms with Crippen LogP contribution in [0.3, 0.4) is 0 Å². The van der Waals surface area contributed by atoms with Crippen LogP contribution in [0.15, 0.2) is 53.1 Å². The first-order valence-electron chi connectivity index (χ1n) is 6.31. The molecule has 0 aliphatic rings. The Hall–Kier alpha value is -2.07. The van der Waals surface area contributed by atoms with Gasteiger partial charge < -0.3 is 11.1 Å². The maximum atomic E-state index is 6.07. The van der Waals surface area contributed by atoms with Crippen molar-refractivity contribution < 1.29 is 0 Å². The number of aryl methyl sites for hydroxylation is 1. The van der Waals surface area contributed by atoms with Gasteiger partial charge in [0.15, 0.2) is 0 Å². The summed E-state index contributed by atoms with van der Waals surface area (Å²) in [6.45, 7) is 2.06. The third kappa shape index (κ3) is 2.34. The summed E-state index contributed by atoms with van der Waals surface area (Å²) >= 11 is 3.57. The molecule has 20 heavy (non-hydrogen) atoms. The number of nitrogens with zero attached hydrogens (tertiary/aromatic N) is 1. The van der Waals surface area contributed by atoms with Gasteiger partial charge in [-0.2, -0.15) is 0 Å². The first-order chi connectivity index (χ1) is 9.65. The van der Waals surface area contributed by atoms with Crippen LogP contribution in [0.25, 0.3) is 10.9 Å². The van der Waals surface area contributed by atoms with Crippen LogP contribution in [-0.2, 0) is 0 Å². The number of nitrogen functional groups attached to an aromatic ring is 1. The Morgan fingerprint density at radius 1 is 1.15 bits per heavy atom. The van der Waals surface area contributed by atoms with E-state index in [9.17, 15) is 0 Å². The fourth-order valence-electron chi connectivity index (χ4n) is 2.15. The third-order valence-electron chi connectivity index (χ3n) is 3.19. The lowest BCUT2D eigenvalue weighted by molar-refractivity contribution is 1.39. The van der Waals surface area contributed by atoms with Crippen molar-refractivity contribution in [1.82, 2.24) is 4.98 Å². The molecule has 0 aliphatic heterocycles. The number of hydrogen-bond acceptors (Lipinski definition) is 3. The van der Waals surface area contributed by atoms with E-state index >= 15 is 0 Å². The molecule has 0 atom stereocenters. The zero-order valence-electron chi connectivity index (χ0n) is 11.0. The maximum Gasteiger partial charge on any atom is 0.0746 e. The number of aromatic nitrogens is 1. The van der Waals surface area contributed by atoms with E-state index in [1.807, 2.05) is 30.3 Å². The predicted molar refractivity (Wildman–Crippen MR) is 88.3 cm³/mol. The Morgan fingerprint density at radius 3 is 2.75 bits per heavy atom. The minimum Gasteiger partial charge on any atom is -0.396 e. The number of rotatable bonds is 2. The summed E-state index contributed by atoms with van der Waals surface area (Å²) in [5, 5.41) is 4.41. The SMILES string of the molecule is Cc1ccc(Nc2c(N)cnc3ccccc23)c(Br)c1. The van der Waals surface area contributed by atoms with E-state index in [4.69, 9.17) is 5.73 Å². The number of fused-ring (bicyclic) bond motifs is 1. The number of halogens is 1. The van der Waals surface area contributed by atoms with Gasteiger partial charge in [0.1, 0.15) is 0 Å². The van der Waals surface area contributed by atoms with Gasteiger partial charge in [0.2, 0.25) is 0 Å². The smallest absolute Gasteiger partial charge is 0.0746 e. The molecule has 100 valence electrons. The molecular formula is C16H14BrN3. The maximum absolute atomic E-state index is 6.07. The van der Waals surface area contributed by atoms with Crippen LogP contribution in [0.1, 0.15) is 5.56 Å². The van der Waals surface area contributed by atoms with E-state index in [1.54, 1.807) is 6.20 Å². The Balaban J connectivity index is 2.12. The van der Waals surface area contributed by atoms with Crippen molar-refractivity contribution in [2.24, 2.45) is 0 Å². The molecule has 4 heteroatoms. The summed E-state index contributed by atoms with van der Waals surface area (Å²) in [4.78, 5) is 4.34. The number of benzene rings is 2. The topological polar surface area (TPSA) is 50.9 Å². The van der Waals surface area contributed by atoms with Gasteiger partial charge in [-0.25, -0.2) is 0 Å². The van der Waals surface area contributed by atoms with E-state index < -0.39 is 0 Å². The highest BCUT2D eigenvalue weighted by atomic mass is 79.9. The molecule has 2 aromatic carbocycles. The molecule has 0 amide bonds. The highest BCUT2D eigenvalue weighted by molar-refractivity contribution is 9.10. The summed E-state index contributed by atoms with van der Waals surface area (Å²) in [5.74, 6) is 0. The monoisotopic (exact) mass is 327 g/mol. The van der Waals surface area contributed by atoms with Gasteiger partial charge in [-0.1, -0.05) is 24.3 Å². The van der Waals surface area contributed by atoms with Gasteiger partial charge in [-0.3, -0.25) is 4.98 Å². The van der Waals surface area contributed by atoms with Crippen molar-refractivity contribution in [1.29, 1.82) is 0 Å². The van der Waals surface area contributed by atoms with Crippen molar-refractivity contribution in [3.63, 3.8) is 0 Å². The van der Waals surface area contributed by atoms with E-state index in [0.29, 0.717) is 5.69 Å². The highest BCUT2D eigenvalue weighted by Crippen LogP contribution is 2.33. The first-order valence-corrected chi connectivity index (χ1v) is 7.11. The molecule has 0 spiro atoms. The Kier molecular flexibility index (Phi) is 3.32. The van der Waals surface area contributed by atoms with Gasteiger partial charge >= 0.3 is 0 Å². The lowest BCUT2D eigenvalue weighted by Crippen LogP contribution is -1.99. The fraction of sp³-hybridized carbons (Fsp3) is 0.0625. The summed E-state index contributed by atoms with van der Waals surface area (Å²) in [7, 11) is 0. The summed E-state index contributed by atoms with van der Waals surface area (Å²) in [5.41, 5.74) is 10.7. The third-order valence-corrected chi connectivity index (χ3v) is 3.85. The van der Waals surface area contributed by atoms with Crippen molar-refractivity contribution >= 4 is 43.9 Å². The van der Waals surface area contributed by atoms with E-state index in [-0.39, 0.29) is 0 Å². The Labute approximate surface area is 126 Å². The van der Waals surface area contributed by atoms with Gasteiger partial charge in [-0.05, 0) is 46.6 Å². The second kappa shape index (κ2) is 5.13. The predicted octanol–water partition coefficient (Wildman–Crippen LogP) is 4.63. The standard InChI is InChI=1S/C16H14BrN3/c1-10-6-7-15(12(17)8-10)20-16-11-4-2-3-5-14(11)19-9-13(16)18/h2-9H,18H2,1H3,(H,19,20). The van der Waals surface area contributed by atoms with Crippen molar-refractivity contribution in [2.45, 2.75) is 6.92 Å². The molecule has 0 bridgehead atoms. The number of hydrogen-bond donors (Lipinski definition) is 2. The zero-order chi connectivity index (χ0) is 14.1. The van der Waals surface area contributed by atoms with Crippen LogP contribution < -0.4 is 11.1 Å². The Morgan fingerprint density at radius 2 is 1.95 bits per heavy atom. The number of nitrogens with one attached hydrogen (secondary N) is 1. The van der Waals surface area contributed by atoms with Gasteiger partial charge in [0, 0.05) is 9.86 Å². The number of pyridine rings is 1. The quantitative estimate of drug-likeness (QED) is 0.721. The molecular weight excluding hydrogens is 314 g/mol. The van der Waals surface area contributed by atoms with E-state index in [1.165, 1.54) is 5.56 Å². The largest absolute Gasteiger partial charge is 0.396 e. The summed E-state index contributed by atoms with van der Waals surface area (Å²) < 4.78 is 1.01.